The van der Waals surface area contributed by atoms with Crippen molar-refractivity contribution in [1.29, 1.82) is 0 Å². The Bertz CT molecular complexity index is 722. The molecular weight excluding hydrogens is 344 g/mol. The van der Waals surface area contributed by atoms with Gasteiger partial charge in [0, 0.05) is 36.7 Å². The third-order valence-electron chi connectivity index (χ3n) is 5.09. The van der Waals surface area contributed by atoms with Crippen molar-refractivity contribution in [1.82, 2.24) is 4.90 Å². The largest absolute Gasteiger partial charge is 0.399 e. The van der Waals surface area contributed by atoms with E-state index in [2.05, 4.69) is 41.3 Å². The molecule has 0 heterocycles. The van der Waals surface area contributed by atoms with Crippen LogP contribution in [0.25, 0.3) is 0 Å². The molecule has 0 bridgehead atoms. The Morgan fingerprint density at radius 2 is 0.679 bits per heavy atom. The summed E-state index contributed by atoms with van der Waals surface area (Å²) in [7, 11) is 0. The highest BCUT2D eigenvalue weighted by molar-refractivity contribution is 5.40. The Balaban J connectivity index is 1.58. The van der Waals surface area contributed by atoms with E-state index in [0.717, 1.165) is 56.0 Å². The molecule has 0 saturated carbocycles. The number of hydrogen-bond donors (Lipinski definition) is 3. The molecule has 0 unspecified atom stereocenters. The molecule has 6 N–H and O–H groups in total. The van der Waals surface area contributed by atoms with E-state index in [1.165, 1.54) is 16.7 Å². The predicted molar refractivity (Wildman–Crippen MR) is 120 cm³/mol. The van der Waals surface area contributed by atoms with E-state index in [0.29, 0.717) is 0 Å². The van der Waals surface area contributed by atoms with Gasteiger partial charge in [0.15, 0.2) is 0 Å². The van der Waals surface area contributed by atoms with Gasteiger partial charge in [-0.2, -0.15) is 0 Å². The number of nitrogen functional groups attached to an aromatic ring is 3. The van der Waals surface area contributed by atoms with E-state index in [1.807, 2.05) is 36.4 Å². The first-order valence-corrected chi connectivity index (χ1v) is 9.84. The van der Waals surface area contributed by atoms with Crippen LogP contribution in [0.5, 0.6) is 0 Å². The van der Waals surface area contributed by atoms with Crippen molar-refractivity contribution in [2.75, 3.05) is 36.8 Å². The van der Waals surface area contributed by atoms with Crippen molar-refractivity contribution in [3.8, 4) is 0 Å². The minimum Gasteiger partial charge on any atom is -0.399 e. The van der Waals surface area contributed by atoms with Gasteiger partial charge in [0.1, 0.15) is 0 Å². The highest BCUT2D eigenvalue weighted by atomic mass is 15.1. The fraction of sp³-hybridized carbons (Fsp3) is 0.250. The molecule has 146 valence electrons. The van der Waals surface area contributed by atoms with Gasteiger partial charge in [-0.3, -0.25) is 0 Å². The van der Waals surface area contributed by atoms with Gasteiger partial charge in [-0.15, -0.1) is 0 Å². The summed E-state index contributed by atoms with van der Waals surface area (Å²) < 4.78 is 0. The topological polar surface area (TPSA) is 81.3 Å². The monoisotopic (exact) mass is 374 g/mol. The number of nitrogens with zero attached hydrogens (tertiary/aromatic N) is 1. The van der Waals surface area contributed by atoms with Crippen LogP contribution in [0.3, 0.4) is 0 Å². The van der Waals surface area contributed by atoms with Crippen LogP contribution in [-0.4, -0.2) is 24.5 Å². The van der Waals surface area contributed by atoms with Crippen LogP contribution in [0.1, 0.15) is 16.7 Å². The molecule has 0 atom stereocenters. The van der Waals surface area contributed by atoms with Crippen LogP contribution < -0.4 is 17.2 Å². The minimum atomic E-state index is 0.812. The summed E-state index contributed by atoms with van der Waals surface area (Å²) in [6, 6.07) is 24.6. The van der Waals surface area contributed by atoms with Gasteiger partial charge in [0.2, 0.25) is 0 Å². The molecule has 3 aromatic rings. The van der Waals surface area contributed by atoms with Crippen molar-refractivity contribution in [3.05, 3.63) is 89.5 Å². The second-order valence-electron chi connectivity index (χ2n) is 7.32. The summed E-state index contributed by atoms with van der Waals surface area (Å²) in [5, 5.41) is 0. The van der Waals surface area contributed by atoms with Crippen molar-refractivity contribution in [2.24, 2.45) is 0 Å². The van der Waals surface area contributed by atoms with Crippen LogP contribution >= 0.6 is 0 Å². The second-order valence-corrected chi connectivity index (χ2v) is 7.32. The molecule has 0 aliphatic rings. The standard InChI is InChI=1S/C24H30N4/c25-22-7-1-19(2-8-22)13-16-28(17-14-20-3-9-23(26)10-4-20)18-15-21-5-11-24(27)12-6-21/h1-12H,13-18,25-27H2. The maximum Gasteiger partial charge on any atom is 0.0314 e. The summed E-state index contributed by atoms with van der Waals surface area (Å²) in [5.41, 5.74) is 23.8. The van der Waals surface area contributed by atoms with Crippen LogP contribution in [0.4, 0.5) is 17.1 Å². The average Bonchev–Trinajstić information content (AvgIpc) is 2.71. The summed E-state index contributed by atoms with van der Waals surface area (Å²) in [6.07, 6.45) is 3.05. The van der Waals surface area contributed by atoms with E-state index >= 15 is 0 Å². The molecule has 0 spiro atoms. The maximum atomic E-state index is 5.80. The zero-order valence-corrected chi connectivity index (χ0v) is 16.4. The Morgan fingerprint density at radius 1 is 0.429 bits per heavy atom. The number of benzene rings is 3. The van der Waals surface area contributed by atoms with E-state index in [4.69, 9.17) is 17.2 Å². The fourth-order valence-corrected chi connectivity index (χ4v) is 3.25. The van der Waals surface area contributed by atoms with Crippen molar-refractivity contribution in [3.63, 3.8) is 0 Å². The smallest absolute Gasteiger partial charge is 0.0314 e. The van der Waals surface area contributed by atoms with E-state index in [-0.39, 0.29) is 0 Å². The van der Waals surface area contributed by atoms with Gasteiger partial charge in [-0.25, -0.2) is 0 Å². The van der Waals surface area contributed by atoms with Crippen LogP contribution in [0, 0.1) is 0 Å². The summed E-state index contributed by atoms with van der Waals surface area (Å²) in [5.74, 6) is 0. The second kappa shape index (κ2) is 9.81. The lowest BCUT2D eigenvalue weighted by molar-refractivity contribution is 0.284. The molecule has 4 nitrogen and oxygen atoms in total. The molecule has 4 heteroatoms. The van der Waals surface area contributed by atoms with Gasteiger partial charge in [0.05, 0.1) is 0 Å². The Morgan fingerprint density at radius 3 is 0.929 bits per heavy atom. The molecule has 0 saturated heterocycles. The first-order chi connectivity index (χ1) is 13.6. The van der Waals surface area contributed by atoms with E-state index < -0.39 is 0 Å². The Labute approximate surface area is 168 Å². The van der Waals surface area contributed by atoms with Gasteiger partial charge < -0.3 is 22.1 Å². The lowest BCUT2D eigenvalue weighted by Gasteiger charge is -2.23. The van der Waals surface area contributed by atoms with Crippen LogP contribution in [0.15, 0.2) is 72.8 Å². The van der Waals surface area contributed by atoms with E-state index in [9.17, 15) is 0 Å². The molecule has 3 aromatic carbocycles. The van der Waals surface area contributed by atoms with Gasteiger partial charge in [-0.05, 0) is 72.4 Å². The zero-order valence-electron chi connectivity index (χ0n) is 16.4. The number of nitrogens with two attached hydrogens (primary N) is 3. The van der Waals surface area contributed by atoms with Gasteiger partial charge in [0.25, 0.3) is 0 Å². The summed E-state index contributed by atoms with van der Waals surface area (Å²) in [4.78, 5) is 2.53. The zero-order chi connectivity index (χ0) is 19.8. The lowest BCUT2D eigenvalue weighted by Crippen LogP contribution is -2.30. The molecule has 0 fully saturated rings. The molecular formula is C24H30N4. The average molecular weight is 375 g/mol. The van der Waals surface area contributed by atoms with Crippen molar-refractivity contribution >= 4 is 17.1 Å². The molecule has 0 aromatic heterocycles. The van der Waals surface area contributed by atoms with E-state index in [1.54, 1.807) is 0 Å². The molecule has 28 heavy (non-hydrogen) atoms. The molecule has 3 rings (SSSR count). The Kier molecular flexibility index (Phi) is 6.93. The predicted octanol–water partition coefficient (Wildman–Crippen LogP) is 3.76. The molecule has 0 aliphatic carbocycles. The third-order valence-corrected chi connectivity index (χ3v) is 5.09. The fourth-order valence-electron chi connectivity index (χ4n) is 3.25. The van der Waals surface area contributed by atoms with Gasteiger partial charge >= 0.3 is 0 Å². The molecule has 0 radical (unpaired) electrons. The third kappa shape index (κ3) is 6.32. The molecule has 0 aliphatic heterocycles. The number of hydrogen-bond acceptors (Lipinski definition) is 4. The first-order valence-electron chi connectivity index (χ1n) is 9.84. The number of rotatable bonds is 9. The highest BCUT2D eigenvalue weighted by Crippen LogP contribution is 2.11. The highest BCUT2D eigenvalue weighted by Gasteiger charge is 2.07. The normalized spacial score (nSPS) is 11.0. The first kappa shape index (κ1) is 19.8. The summed E-state index contributed by atoms with van der Waals surface area (Å²) in [6.45, 7) is 3.07. The molecule has 0 amide bonds. The minimum absolute atomic E-state index is 0.812. The maximum absolute atomic E-state index is 5.80. The van der Waals surface area contributed by atoms with Crippen LogP contribution in [-0.2, 0) is 19.3 Å². The van der Waals surface area contributed by atoms with Crippen molar-refractivity contribution in [2.45, 2.75) is 19.3 Å². The SMILES string of the molecule is Nc1ccc(CCN(CCc2ccc(N)cc2)CCc2ccc(N)cc2)cc1. The quantitative estimate of drug-likeness (QED) is 0.498. The Hall–Kier alpha value is -2.98. The number of anilines is 3. The lowest BCUT2D eigenvalue weighted by atomic mass is 10.1. The van der Waals surface area contributed by atoms with Crippen LogP contribution in [0.2, 0.25) is 0 Å². The van der Waals surface area contributed by atoms with Crippen molar-refractivity contribution < 1.29 is 0 Å². The van der Waals surface area contributed by atoms with Gasteiger partial charge in [-0.1, -0.05) is 36.4 Å². The summed E-state index contributed by atoms with van der Waals surface area (Å²) >= 11 is 0.